The Morgan fingerprint density at radius 1 is 0.875 bits per heavy atom. The SMILES string of the molecule is CSCCC(NC(=O)C(CCCN=C(N)N)NC(=O)C(CCC(N)=O)NC(=O)C(N)Cc1ccccc1)C(=O)O. The highest BCUT2D eigenvalue weighted by molar-refractivity contribution is 7.98. The predicted octanol–water partition coefficient (Wildman–Crippen LogP) is -1.83. The number of carbonyl (C=O) groups is 5. The van der Waals surface area contributed by atoms with Crippen LogP contribution in [0.1, 0.15) is 37.7 Å². The zero-order valence-corrected chi connectivity index (χ0v) is 23.3. The number of aliphatic carboxylic acids is 1. The number of nitrogens with zero attached hydrogens (tertiary/aromatic N) is 1. The van der Waals surface area contributed by atoms with Crippen LogP contribution in [0.2, 0.25) is 0 Å². The Hall–Kier alpha value is -3.85. The van der Waals surface area contributed by atoms with Crippen LogP contribution in [0, 0.1) is 0 Å². The van der Waals surface area contributed by atoms with Crippen LogP contribution < -0.4 is 38.9 Å². The van der Waals surface area contributed by atoms with Crippen molar-refractivity contribution in [3.8, 4) is 0 Å². The Bertz CT molecular complexity index is 1020. The molecule has 12 N–H and O–H groups in total. The first-order chi connectivity index (χ1) is 18.9. The van der Waals surface area contributed by atoms with Gasteiger partial charge < -0.3 is 44.0 Å². The lowest BCUT2D eigenvalue weighted by Crippen LogP contribution is -2.57. The summed E-state index contributed by atoms with van der Waals surface area (Å²) in [6.07, 6.45) is 2.17. The van der Waals surface area contributed by atoms with E-state index in [4.69, 9.17) is 22.9 Å². The molecule has 0 bridgehead atoms. The van der Waals surface area contributed by atoms with Crippen molar-refractivity contribution < 1.29 is 29.1 Å². The fraction of sp³-hybridized carbons (Fsp3) is 0.520. The lowest BCUT2D eigenvalue weighted by Gasteiger charge is -2.25. The van der Waals surface area contributed by atoms with Crippen LogP contribution in [0.3, 0.4) is 0 Å². The summed E-state index contributed by atoms with van der Waals surface area (Å²) in [7, 11) is 0. The van der Waals surface area contributed by atoms with Crippen LogP contribution in [0.15, 0.2) is 35.3 Å². The molecule has 1 aromatic carbocycles. The number of aliphatic imine (C=N–C) groups is 1. The normalized spacial score (nSPS) is 13.7. The van der Waals surface area contributed by atoms with Crippen molar-refractivity contribution in [2.24, 2.45) is 27.9 Å². The summed E-state index contributed by atoms with van der Waals surface area (Å²) >= 11 is 1.42. The number of carboxylic acids is 1. The van der Waals surface area contributed by atoms with E-state index in [1.54, 1.807) is 30.5 Å². The quantitative estimate of drug-likeness (QED) is 0.0515. The van der Waals surface area contributed by atoms with Crippen LogP contribution >= 0.6 is 11.8 Å². The Morgan fingerprint density at radius 2 is 1.45 bits per heavy atom. The number of hydrogen-bond donors (Lipinski definition) is 8. The van der Waals surface area contributed by atoms with E-state index in [0.29, 0.717) is 5.75 Å². The summed E-state index contributed by atoms with van der Waals surface area (Å²) < 4.78 is 0. The lowest BCUT2D eigenvalue weighted by molar-refractivity contribution is -0.142. The van der Waals surface area contributed by atoms with E-state index in [-0.39, 0.29) is 51.0 Å². The second-order valence-corrected chi connectivity index (χ2v) is 10.0. The van der Waals surface area contributed by atoms with E-state index in [2.05, 4.69) is 20.9 Å². The van der Waals surface area contributed by atoms with E-state index in [1.165, 1.54) is 11.8 Å². The van der Waals surface area contributed by atoms with Gasteiger partial charge in [-0.2, -0.15) is 11.8 Å². The Kier molecular flexibility index (Phi) is 15.8. The van der Waals surface area contributed by atoms with E-state index in [9.17, 15) is 29.1 Å². The maximum absolute atomic E-state index is 13.2. The molecule has 1 rings (SSSR count). The molecule has 0 saturated carbocycles. The van der Waals surface area contributed by atoms with Gasteiger partial charge in [0.2, 0.25) is 23.6 Å². The van der Waals surface area contributed by atoms with Crippen molar-refractivity contribution in [1.29, 1.82) is 0 Å². The standard InChI is InChI=1S/C25H40N8O6S/c1-40-13-11-19(24(38)39)33-22(36)17(8-5-12-30-25(28)29)32-23(37)18(9-10-20(27)34)31-21(35)16(26)14-15-6-3-2-4-7-15/h2-4,6-7,16-19H,5,8-14,26H2,1H3,(H2,27,34)(H,31,35)(H,32,37)(H,33,36)(H,38,39)(H4,28,29,30). The van der Waals surface area contributed by atoms with Crippen molar-refractivity contribution in [1.82, 2.24) is 16.0 Å². The summed E-state index contributed by atoms with van der Waals surface area (Å²) in [6.45, 7) is 0.160. The molecule has 0 aliphatic rings. The second-order valence-electron chi connectivity index (χ2n) is 9.05. The molecule has 0 aliphatic carbocycles. The molecular formula is C25H40N8O6S. The average Bonchev–Trinajstić information content (AvgIpc) is 2.90. The van der Waals surface area contributed by atoms with E-state index < -0.39 is 53.8 Å². The van der Waals surface area contributed by atoms with Crippen LogP contribution in [-0.4, -0.2) is 83.4 Å². The number of nitrogens with two attached hydrogens (primary N) is 4. The number of nitrogens with one attached hydrogen (secondary N) is 3. The van der Waals surface area contributed by atoms with Gasteiger partial charge in [-0.3, -0.25) is 24.2 Å². The number of benzene rings is 1. The third kappa shape index (κ3) is 13.8. The molecule has 0 radical (unpaired) electrons. The predicted molar refractivity (Wildman–Crippen MR) is 153 cm³/mol. The zero-order valence-electron chi connectivity index (χ0n) is 22.5. The highest BCUT2D eigenvalue weighted by atomic mass is 32.2. The second kappa shape index (κ2) is 18.4. The topological polar surface area (TPSA) is 258 Å². The zero-order chi connectivity index (χ0) is 30.1. The molecule has 0 aliphatic heterocycles. The van der Waals surface area contributed by atoms with Crippen molar-refractivity contribution >= 4 is 47.3 Å². The molecule has 222 valence electrons. The molecule has 40 heavy (non-hydrogen) atoms. The molecule has 14 nitrogen and oxygen atoms in total. The Labute approximate surface area is 237 Å². The number of amides is 4. The summed E-state index contributed by atoms with van der Waals surface area (Å²) in [5, 5.41) is 17.0. The molecule has 4 unspecified atom stereocenters. The first-order valence-electron chi connectivity index (χ1n) is 12.7. The van der Waals surface area contributed by atoms with Gasteiger partial charge in [0.05, 0.1) is 6.04 Å². The fourth-order valence-electron chi connectivity index (χ4n) is 3.60. The number of guanidine groups is 1. The Morgan fingerprint density at radius 3 is 2.00 bits per heavy atom. The summed E-state index contributed by atoms with van der Waals surface area (Å²) in [6, 6.07) is 4.47. The van der Waals surface area contributed by atoms with Crippen molar-refractivity contribution in [3.63, 3.8) is 0 Å². The number of carboxylic acid groups (broad SMARTS) is 1. The minimum Gasteiger partial charge on any atom is -0.480 e. The highest BCUT2D eigenvalue weighted by Crippen LogP contribution is 2.07. The molecule has 4 amide bonds. The maximum Gasteiger partial charge on any atom is 0.326 e. The molecule has 0 fully saturated rings. The number of thioether (sulfide) groups is 1. The first-order valence-corrected chi connectivity index (χ1v) is 14.1. The Balaban J connectivity index is 3.04. The molecule has 0 spiro atoms. The minimum absolute atomic E-state index is 0.0627. The fourth-order valence-corrected chi connectivity index (χ4v) is 4.08. The van der Waals surface area contributed by atoms with Gasteiger partial charge >= 0.3 is 5.97 Å². The molecule has 0 aromatic heterocycles. The molecule has 4 atom stereocenters. The van der Waals surface area contributed by atoms with E-state index in [0.717, 1.165) is 5.56 Å². The first kappa shape index (κ1) is 34.2. The summed E-state index contributed by atoms with van der Waals surface area (Å²) in [5.74, 6) is -3.69. The smallest absolute Gasteiger partial charge is 0.326 e. The van der Waals surface area contributed by atoms with Crippen LogP contribution in [0.5, 0.6) is 0 Å². The van der Waals surface area contributed by atoms with Gasteiger partial charge in [-0.25, -0.2) is 4.79 Å². The molecular weight excluding hydrogens is 540 g/mol. The molecule has 15 heteroatoms. The van der Waals surface area contributed by atoms with Crippen LogP contribution in [-0.2, 0) is 30.4 Å². The largest absolute Gasteiger partial charge is 0.480 e. The average molecular weight is 581 g/mol. The van der Waals surface area contributed by atoms with Crippen molar-refractivity contribution in [2.45, 2.75) is 62.7 Å². The monoisotopic (exact) mass is 580 g/mol. The number of primary amides is 1. The van der Waals surface area contributed by atoms with Gasteiger partial charge in [-0.15, -0.1) is 0 Å². The summed E-state index contributed by atoms with van der Waals surface area (Å²) in [5.41, 5.74) is 22.8. The van der Waals surface area contributed by atoms with E-state index >= 15 is 0 Å². The highest BCUT2D eigenvalue weighted by Gasteiger charge is 2.30. The van der Waals surface area contributed by atoms with Gasteiger partial charge in [0, 0.05) is 13.0 Å². The van der Waals surface area contributed by atoms with Gasteiger partial charge in [-0.05, 0) is 49.7 Å². The van der Waals surface area contributed by atoms with Crippen LogP contribution in [0.25, 0.3) is 0 Å². The maximum atomic E-state index is 13.2. The third-order valence-electron chi connectivity index (χ3n) is 5.75. The van der Waals surface area contributed by atoms with Crippen LogP contribution in [0.4, 0.5) is 0 Å². The number of hydrogen-bond acceptors (Lipinski definition) is 8. The molecule has 0 saturated heterocycles. The van der Waals surface area contributed by atoms with Gasteiger partial charge in [0.1, 0.15) is 18.1 Å². The molecule has 0 heterocycles. The molecule has 1 aromatic rings. The number of carbonyl (C=O) groups excluding carboxylic acids is 4. The lowest BCUT2D eigenvalue weighted by atomic mass is 10.0. The summed E-state index contributed by atoms with van der Waals surface area (Å²) in [4.78, 5) is 66.0. The van der Waals surface area contributed by atoms with Crippen molar-refractivity contribution in [3.05, 3.63) is 35.9 Å². The number of rotatable bonds is 19. The van der Waals surface area contributed by atoms with Crippen molar-refractivity contribution in [2.75, 3.05) is 18.6 Å². The van der Waals surface area contributed by atoms with Gasteiger partial charge in [0.15, 0.2) is 5.96 Å². The van der Waals surface area contributed by atoms with Gasteiger partial charge in [-0.1, -0.05) is 30.3 Å². The van der Waals surface area contributed by atoms with Gasteiger partial charge in [0.25, 0.3) is 0 Å². The van der Waals surface area contributed by atoms with E-state index in [1.807, 2.05) is 6.07 Å². The third-order valence-corrected chi connectivity index (χ3v) is 6.40. The minimum atomic E-state index is -1.23.